The van der Waals surface area contributed by atoms with Gasteiger partial charge in [0.25, 0.3) is 6.43 Å². The third kappa shape index (κ3) is 1.90. The van der Waals surface area contributed by atoms with E-state index in [4.69, 9.17) is 0 Å². The number of aromatic nitrogens is 2. The Bertz CT molecular complexity index is 561. The molecule has 0 aliphatic carbocycles. The Labute approximate surface area is 107 Å². The van der Waals surface area contributed by atoms with Gasteiger partial charge in [-0.2, -0.15) is 5.10 Å². The summed E-state index contributed by atoms with van der Waals surface area (Å²) in [6, 6.07) is 5.03. The molecular formula is C12H13F2N3S. The summed E-state index contributed by atoms with van der Waals surface area (Å²) in [5, 5.41) is 7.44. The molecule has 2 aromatic rings. The van der Waals surface area contributed by atoms with Crippen molar-refractivity contribution in [2.75, 3.05) is 11.9 Å². The maximum atomic E-state index is 12.9. The number of aryl methyl sites for hydroxylation is 1. The number of alkyl halides is 2. The second-order valence-electron chi connectivity index (χ2n) is 4.39. The van der Waals surface area contributed by atoms with Crippen molar-refractivity contribution in [2.24, 2.45) is 0 Å². The number of halogens is 2. The third-order valence-corrected chi connectivity index (χ3v) is 4.10. The van der Waals surface area contributed by atoms with Gasteiger partial charge in [0.05, 0.1) is 4.88 Å². The lowest BCUT2D eigenvalue weighted by atomic mass is 10.2. The Morgan fingerprint density at radius 2 is 2.33 bits per heavy atom. The summed E-state index contributed by atoms with van der Waals surface area (Å²) in [7, 11) is 0. The van der Waals surface area contributed by atoms with Crippen molar-refractivity contribution in [3.63, 3.8) is 0 Å². The van der Waals surface area contributed by atoms with Crippen LogP contribution in [0.15, 0.2) is 18.2 Å². The normalized spacial score (nSPS) is 18.8. The van der Waals surface area contributed by atoms with Crippen molar-refractivity contribution in [1.82, 2.24) is 9.78 Å². The van der Waals surface area contributed by atoms with Gasteiger partial charge in [-0.25, -0.2) is 13.5 Å². The molecule has 0 aromatic carbocycles. The summed E-state index contributed by atoms with van der Waals surface area (Å²) < 4.78 is 27.3. The topological polar surface area (TPSA) is 29.9 Å². The highest BCUT2D eigenvalue weighted by Crippen LogP contribution is 2.34. The number of nitrogens with one attached hydrogen (secondary N) is 1. The minimum Gasteiger partial charge on any atom is -0.370 e. The summed E-state index contributed by atoms with van der Waals surface area (Å²) >= 11 is 1.62. The first-order valence-electron chi connectivity index (χ1n) is 5.83. The van der Waals surface area contributed by atoms with Crippen LogP contribution in [0.4, 0.5) is 14.6 Å². The van der Waals surface area contributed by atoms with Crippen LogP contribution in [0.3, 0.4) is 0 Å². The fraction of sp³-hybridized carbons (Fsp3) is 0.417. The maximum absolute atomic E-state index is 12.9. The van der Waals surface area contributed by atoms with Crippen LogP contribution in [0, 0.1) is 6.92 Å². The van der Waals surface area contributed by atoms with E-state index < -0.39 is 12.5 Å². The molecule has 0 radical (unpaired) electrons. The Morgan fingerprint density at radius 3 is 3.00 bits per heavy atom. The molecule has 0 fully saturated rings. The molecule has 1 N–H and O–H groups in total. The van der Waals surface area contributed by atoms with Gasteiger partial charge < -0.3 is 5.32 Å². The Morgan fingerprint density at radius 1 is 1.50 bits per heavy atom. The maximum Gasteiger partial charge on any atom is 0.260 e. The summed E-state index contributed by atoms with van der Waals surface area (Å²) in [6.45, 7) is 2.59. The minimum absolute atomic E-state index is 0.412. The number of hydrogen-bond acceptors (Lipinski definition) is 3. The molecule has 1 unspecified atom stereocenters. The number of anilines is 1. The van der Waals surface area contributed by atoms with Crippen LogP contribution in [0.25, 0.3) is 10.6 Å². The number of nitrogens with zero attached hydrogens (tertiary/aromatic N) is 2. The zero-order valence-electron chi connectivity index (χ0n) is 9.86. The number of fused-ring (bicyclic) bond motifs is 1. The van der Waals surface area contributed by atoms with Gasteiger partial charge in [0, 0.05) is 17.5 Å². The van der Waals surface area contributed by atoms with Gasteiger partial charge in [-0.15, -0.1) is 11.3 Å². The average molecular weight is 269 g/mol. The fourth-order valence-corrected chi connectivity index (χ4v) is 3.00. The molecule has 0 spiro atoms. The van der Waals surface area contributed by atoms with Gasteiger partial charge in [0.1, 0.15) is 17.6 Å². The highest BCUT2D eigenvalue weighted by molar-refractivity contribution is 7.15. The van der Waals surface area contributed by atoms with E-state index in [1.165, 1.54) is 9.56 Å². The van der Waals surface area contributed by atoms with Gasteiger partial charge in [-0.1, -0.05) is 0 Å². The first-order chi connectivity index (χ1) is 8.65. The summed E-state index contributed by atoms with van der Waals surface area (Å²) in [4.78, 5) is 2.21. The molecular weight excluding hydrogens is 256 g/mol. The van der Waals surface area contributed by atoms with E-state index in [0.29, 0.717) is 18.8 Å². The summed E-state index contributed by atoms with van der Waals surface area (Å²) in [6.07, 6.45) is -1.96. The highest BCUT2D eigenvalue weighted by Gasteiger charge is 2.29. The van der Waals surface area contributed by atoms with E-state index in [9.17, 15) is 8.78 Å². The number of thiophene rings is 1. The van der Waals surface area contributed by atoms with Crippen LogP contribution in [0.5, 0.6) is 0 Å². The highest BCUT2D eigenvalue weighted by atomic mass is 32.1. The Kier molecular flexibility index (Phi) is 2.81. The van der Waals surface area contributed by atoms with E-state index in [-0.39, 0.29) is 0 Å². The SMILES string of the molecule is Cc1ccc(-c2cc3n(n2)C(C(F)F)CCN3)s1. The fourth-order valence-electron chi connectivity index (χ4n) is 2.18. The van der Waals surface area contributed by atoms with Gasteiger partial charge in [-0.05, 0) is 25.5 Å². The molecule has 1 aliphatic heterocycles. The third-order valence-electron chi connectivity index (χ3n) is 3.08. The molecule has 3 heterocycles. The summed E-state index contributed by atoms with van der Waals surface area (Å²) in [5.41, 5.74) is 0.767. The Balaban J connectivity index is 2.00. The van der Waals surface area contributed by atoms with Crippen molar-refractivity contribution in [1.29, 1.82) is 0 Å². The van der Waals surface area contributed by atoms with Crippen LogP contribution in [-0.2, 0) is 0 Å². The summed E-state index contributed by atoms with van der Waals surface area (Å²) in [5.74, 6) is 0.688. The van der Waals surface area contributed by atoms with Crippen molar-refractivity contribution >= 4 is 17.2 Å². The van der Waals surface area contributed by atoms with Crippen molar-refractivity contribution in [3.05, 3.63) is 23.1 Å². The van der Waals surface area contributed by atoms with Gasteiger partial charge >= 0.3 is 0 Å². The smallest absolute Gasteiger partial charge is 0.260 e. The van der Waals surface area contributed by atoms with E-state index in [1.807, 2.05) is 25.1 Å². The van der Waals surface area contributed by atoms with E-state index in [1.54, 1.807) is 11.3 Å². The molecule has 3 nitrogen and oxygen atoms in total. The number of rotatable bonds is 2. The van der Waals surface area contributed by atoms with Crippen LogP contribution in [-0.4, -0.2) is 22.8 Å². The molecule has 0 saturated carbocycles. The minimum atomic E-state index is -2.37. The zero-order chi connectivity index (χ0) is 12.7. The largest absolute Gasteiger partial charge is 0.370 e. The molecule has 18 heavy (non-hydrogen) atoms. The van der Waals surface area contributed by atoms with E-state index in [2.05, 4.69) is 10.4 Å². The van der Waals surface area contributed by atoms with Crippen LogP contribution in [0.2, 0.25) is 0 Å². The van der Waals surface area contributed by atoms with Crippen LogP contribution < -0.4 is 5.32 Å². The molecule has 2 aromatic heterocycles. The van der Waals surface area contributed by atoms with Gasteiger partial charge in [-0.3, -0.25) is 0 Å². The Hall–Kier alpha value is -1.43. The molecule has 3 rings (SSSR count). The molecule has 96 valence electrons. The van der Waals surface area contributed by atoms with E-state index >= 15 is 0 Å². The zero-order valence-corrected chi connectivity index (χ0v) is 10.7. The van der Waals surface area contributed by atoms with Crippen LogP contribution >= 0.6 is 11.3 Å². The van der Waals surface area contributed by atoms with Crippen molar-refractivity contribution in [3.8, 4) is 10.6 Å². The lowest BCUT2D eigenvalue weighted by Gasteiger charge is -2.24. The first kappa shape index (κ1) is 11.6. The molecule has 0 amide bonds. The van der Waals surface area contributed by atoms with E-state index in [0.717, 1.165) is 10.6 Å². The average Bonchev–Trinajstić information content (AvgIpc) is 2.93. The predicted molar refractivity (Wildman–Crippen MR) is 68.4 cm³/mol. The molecule has 1 aliphatic rings. The quantitative estimate of drug-likeness (QED) is 0.903. The monoisotopic (exact) mass is 269 g/mol. The van der Waals surface area contributed by atoms with Crippen molar-refractivity contribution in [2.45, 2.75) is 25.8 Å². The van der Waals surface area contributed by atoms with Crippen molar-refractivity contribution < 1.29 is 8.78 Å². The molecule has 0 saturated heterocycles. The van der Waals surface area contributed by atoms with Gasteiger partial charge in [0.15, 0.2) is 0 Å². The lowest BCUT2D eigenvalue weighted by Crippen LogP contribution is -2.28. The van der Waals surface area contributed by atoms with Crippen LogP contribution in [0.1, 0.15) is 17.3 Å². The molecule has 1 atom stereocenters. The van der Waals surface area contributed by atoms with Gasteiger partial charge in [0.2, 0.25) is 0 Å². The molecule has 6 heteroatoms. The molecule has 0 bridgehead atoms. The predicted octanol–water partition coefficient (Wildman–Crippen LogP) is 3.54. The second-order valence-corrected chi connectivity index (χ2v) is 5.67. The first-order valence-corrected chi connectivity index (χ1v) is 6.65. The standard InChI is InChI=1S/C12H13F2N3S/c1-7-2-3-10(18-7)8-6-11-15-5-4-9(12(13)14)17(11)16-8/h2-3,6,9,12,15H,4-5H2,1H3. The second kappa shape index (κ2) is 4.35. The number of hydrogen-bond donors (Lipinski definition) is 1. The lowest BCUT2D eigenvalue weighted by molar-refractivity contribution is 0.0716.